The Morgan fingerprint density at radius 2 is 1.49 bits per heavy atom. The van der Waals surface area contributed by atoms with Crippen molar-refractivity contribution in [3.8, 4) is 23.0 Å². The number of fused-ring (bicyclic) bond motifs is 1. The molecule has 37 heavy (non-hydrogen) atoms. The van der Waals surface area contributed by atoms with Crippen molar-refractivity contribution < 1.29 is 23.7 Å². The number of benzene rings is 3. The SMILES string of the molecule is COc1ccc([C@@H]2CC(=O)C3=C(C2)Nc2ccccc2N[C@H]3c2cc(Br)c(OC)c(OC)c2)cc1OC. The fourth-order valence-corrected chi connectivity index (χ4v) is 5.81. The molecule has 0 saturated heterocycles. The van der Waals surface area contributed by atoms with E-state index in [0.29, 0.717) is 35.8 Å². The number of rotatable bonds is 6. The topological polar surface area (TPSA) is 78.1 Å². The van der Waals surface area contributed by atoms with Crippen LogP contribution in [0.3, 0.4) is 0 Å². The molecule has 0 saturated carbocycles. The molecule has 2 atom stereocenters. The number of Topliss-reactive ketones (excluding diaryl/α,β-unsaturated/α-hetero) is 1. The lowest BCUT2D eigenvalue weighted by Gasteiger charge is -2.30. The molecule has 0 amide bonds. The number of allylic oxidation sites excluding steroid dienone is 1. The van der Waals surface area contributed by atoms with Crippen LogP contribution < -0.4 is 29.6 Å². The van der Waals surface area contributed by atoms with Crippen LogP contribution in [0.2, 0.25) is 0 Å². The summed E-state index contributed by atoms with van der Waals surface area (Å²) in [5.74, 6) is 2.61. The molecule has 0 radical (unpaired) electrons. The van der Waals surface area contributed by atoms with Crippen molar-refractivity contribution in [2.24, 2.45) is 0 Å². The molecule has 0 spiro atoms. The Kier molecular flexibility index (Phi) is 7.02. The van der Waals surface area contributed by atoms with Crippen molar-refractivity contribution in [2.45, 2.75) is 24.8 Å². The van der Waals surface area contributed by atoms with Crippen molar-refractivity contribution >= 4 is 33.1 Å². The van der Waals surface area contributed by atoms with Crippen LogP contribution in [0.1, 0.15) is 35.9 Å². The number of ether oxygens (including phenoxy) is 4. The fourth-order valence-electron chi connectivity index (χ4n) is 5.19. The molecule has 3 aromatic carbocycles. The number of carbonyl (C=O) groups excluding carboxylic acids is 1. The molecule has 1 aliphatic heterocycles. The van der Waals surface area contributed by atoms with Gasteiger partial charge in [-0.05, 0) is 75.8 Å². The number of hydrogen-bond acceptors (Lipinski definition) is 7. The van der Waals surface area contributed by atoms with E-state index in [2.05, 4.69) is 26.6 Å². The standard InChI is InChI=1S/C29H29BrN2O5/c1-34-24-10-9-16(14-25(24)35-2)17-12-22-27(23(33)13-17)28(32-21-8-6-5-7-20(21)31-22)18-11-19(30)29(37-4)26(15-18)36-3/h5-11,14-15,17,28,31-32H,12-13H2,1-4H3/t17-,28-/m0/s1. The van der Waals surface area contributed by atoms with Crippen LogP contribution in [-0.2, 0) is 4.79 Å². The number of hydrogen-bond donors (Lipinski definition) is 2. The zero-order valence-electron chi connectivity index (χ0n) is 21.2. The third kappa shape index (κ3) is 4.62. The first kappa shape index (κ1) is 25.0. The van der Waals surface area contributed by atoms with Crippen LogP contribution in [0, 0.1) is 0 Å². The van der Waals surface area contributed by atoms with Gasteiger partial charge in [0, 0.05) is 17.7 Å². The first-order chi connectivity index (χ1) is 18.0. The van der Waals surface area contributed by atoms with Gasteiger partial charge in [0.2, 0.25) is 0 Å². The van der Waals surface area contributed by atoms with E-state index in [9.17, 15) is 4.79 Å². The Morgan fingerprint density at radius 3 is 2.19 bits per heavy atom. The van der Waals surface area contributed by atoms with Crippen molar-refractivity contribution in [1.82, 2.24) is 0 Å². The second kappa shape index (κ2) is 10.4. The molecule has 2 N–H and O–H groups in total. The number of methoxy groups -OCH3 is 4. The van der Waals surface area contributed by atoms with E-state index in [1.54, 1.807) is 28.4 Å². The third-order valence-corrected chi connectivity index (χ3v) is 7.57. The highest BCUT2D eigenvalue weighted by Crippen LogP contribution is 2.47. The Bertz CT molecular complexity index is 1390. The summed E-state index contributed by atoms with van der Waals surface area (Å²) in [7, 11) is 6.45. The summed E-state index contributed by atoms with van der Waals surface area (Å²) < 4.78 is 22.8. The summed E-state index contributed by atoms with van der Waals surface area (Å²) in [6, 6.07) is 17.4. The Hall–Kier alpha value is -3.65. The first-order valence-corrected chi connectivity index (χ1v) is 12.8. The van der Waals surface area contributed by atoms with Crippen LogP contribution in [0.4, 0.5) is 11.4 Å². The highest BCUT2D eigenvalue weighted by Gasteiger charge is 2.37. The number of ketones is 1. The minimum absolute atomic E-state index is 0.00149. The van der Waals surface area contributed by atoms with E-state index in [4.69, 9.17) is 18.9 Å². The fraction of sp³-hybridized carbons (Fsp3) is 0.276. The number of carbonyl (C=O) groups is 1. The average molecular weight is 565 g/mol. The van der Waals surface area contributed by atoms with E-state index in [1.807, 2.05) is 54.6 Å². The lowest BCUT2D eigenvalue weighted by molar-refractivity contribution is -0.116. The number of para-hydroxylation sites is 2. The second-order valence-corrected chi connectivity index (χ2v) is 9.88. The van der Waals surface area contributed by atoms with Gasteiger partial charge in [0.1, 0.15) is 0 Å². The van der Waals surface area contributed by atoms with Gasteiger partial charge >= 0.3 is 0 Å². The Morgan fingerprint density at radius 1 is 0.784 bits per heavy atom. The number of halogens is 1. The largest absolute Gasteiger partial charge is 0.493 e. The van der Waals surface area contributed by atoms with Gasteiger partial charge in [0.15, 0.2) is 28.8 Å². The maximum absolute atomic E-state index is 13.9. The van der Waals surface area contributed by atoms with Gasteiger partial charge in [0.25, 0.3) is 0 Å². The summed E-state index contributed by atoms with van der Waals surface area (Å²) in [5, 5.41) is 7.20. The van der Waals surface area contributed by atoms with Crippen LogP contribution in [0.15, 0.2) is 70.3 Å². The predicted molar refractivity (Wildman–Crippen MR) is 147 cm³/mol. The van der Waals surface area contributed by atoms with Gasteiger partial charge in [-0.3, -0.25) is 4.79 Å². The molecule has 8 heteroatoms. The maximum atomic E-state index is 13.9. The summed E-state index contributed by atoms with van der Waals surface area (Å²) in [6.07, 6.45) is 1.07. The van der Waals surface area contributed by atoms with Crippen LogP contribution >= 0.6 is 15.9 Å². The lowest BCUT2D eigenvalue weighted by Crippen LogP contribution is -2.27. The van der Waals surface area contributed by atoms with Gasteiger partial charge in [-0.1, -0.05) is 18.2 Å². The molecule has 0 aromatic heterocycles. The van der Waals surface area contributed by atoms with Gasteiger partial charge in [-0.2, -0.15) is 0 Å². The molecule has 2 aliphatic rings. The Labute approximate surface area is 224 Å². The first-order valence-electron chi connectivity index (χ1n) is 12.0. The van der Waals surface area contributed by atoms with Crippen molar-refractivity contribution in [2.75, 3.05) is 39.1 Å². The van der Waals surface area contributed by atoms with E-state index in [1.165, 1.54) is 0 Å². The van der Waals surface area contributed by atoms with Gasteiger partial charge in [-0.15, -0.1) is 0 Å². The third-order valence-electron chi connectivity index (χ3n) is 6.98. The molecule has 3 aromatic rings. The Balaban J connectivity index is 1.61. The number of anilines is 2. The zero-order chi connectivity index (χ0) is 26.1. The van der Waals surface area contributed by atoms with E-state index < -0.39 is 0 Å². The summed E-state index contributed by atoms with van der Waals surface area (Å²) >= 11 is 3.61. The summed E-state index contributed by atoms with van der Waals surface area (Å²) in [4.78, 5) is 13.9. The molecular weight excluding hydrogens is 536 g/mol. The second-order valence-electron chi connectivity index (χ2n) is 9.02. The smallest absolute Gasteiger partial charge is 0.174 e. The van der Waals surface area contributed by atoms with Gasteiger partial charge in [0.05, 0.1) is 50.3 Å². The minimum atomic E-state index is -0.374. The molecule has 1 heterocycles. The van der Waals surface area contributed by atoms with E-state index in [0.717, 1.165) is 38.2 Å². The quantitative estimate of drug-likeness (QED) is 0.355. The predicted octanol–water partition coefficient (Wildman–Crippen LogP) is 6.46. The number of nitrogens with one attached hydrogen (secondary N) is 2. The lowest BCUT2D eigenvalue weighted by atomic mass is 9.78. The van der Waals surface area contributed by atoms with Crippen molar-refractivity contribution in [3.63, 3.8) is 0 Å². The van der Waals surface area contributed by atoms with Gasteiger partial charge < -0.3 is 29.6 Å². The molecule has 1 aliphatic carbocycles. The van der Waals surface area contributed by atoms with E-state index in [-0.39, 0.29) is 17.7 Å². The molecule has 0 unspecified atom stereocenters. The van der Waals surface area contributed by atoms with Gasteiger partial charge in [-0.25, -0.2) is 0 Å². The normalized spacial score (nSPS) is 18.6. The monoisotopic (exact) mass is 564 g/mol. The zero-order valence-corrected chi connectivity index (χ0v) is 22.8. The van der Waals surface area contributed by atoms with E-state index >= 15 is 0 Å². The maximum Gasteiger partial charge on any atom is 0.174 e. The van der Waals surface area contributed by atoms with Crippen molar-refractivity contribution in [3.05, 3.63) is 81.5 Å². The summed E-state index contributed by atoms with van der Waals surface area (Å²) in [6.45, 7) is 0. The van der Waals surface area contributed by atoms with Crippen LogP contribution in [0.5, 0.6) is 23.0 Å². The van der Waals surface area contributed by atoms with Crippen LogP contribution in [0.25, 0.3) is 0 Å². The van der Waals surface area contributed by atoms with Crippen LogP contribution in [-0.4, -0.2) is 34.2 Å². The molecule has 192 valence electrons. The molecule has 5 rings (SSSR count). The molecule has 0 bridgehead atoms. The molecule has 7 nitrogen and oxygen atoms in total. The molecular formula is C29H29BrN2O5. The summed E-state index contributed by atoms with van der Waals surface area (Å²) in [5.41, 5.74) is 5.42. The van der Waals surface area contributed by atoms with Crippen molar-refractivity contribution in [1.29, 1.82) is 0 Å². The highest BCUT2D eigenvalue weighted by atomic mass is 79.9. The average Bonchev–Trinajstić information content (AvgIpc) is 3.09. The molecule has 0 fully saturated rings. The highest BCUT2D eigenvalue weighted by molar-refractivity contribution is 9.10. The minimum Gasteiger partial charge on any atom is -0.493 e.